The van der Waals surface area contributed by atoms with E-state index in [2.05, 4.69) is 15.5 Å². The van der Waals surface area contributed by atoms with Gasteiger partial charge in [-0.15, -0.1) is 15.0 Å². The molecule has 2 amide bonds. The van der Waals surface area contributed by atoms with Crippen LogP contribution in [0.2, 0.25) is 10.0 Å². The summed E-state index contributed by atoms with van der Waals surface area (Å²) < 4.78 is 5.14. The third-order valence-corrected chi connectivity index (χ3v) is 6.48. The van der Waals surface area contributed by atoms with E-state index in [9.17, 15) is 9.59 Å². The molecule has 1 aliphatic heterocycles. The van der Waals surface area contributed by atoms with Crippen molar-refractivity contribution in [2.45, 2.75) is 0 Å². The number of amides is 2. The minimum atomic E-state index is -0.778. The number of aromatic nitrogens is 3. The molecule has 3 N–H and O–H groups in total. The van der Waals surface area contributed by atoms with Gasteiger partial charge in [0, 0.05) is 48.0 Å². The molecule has 1 aromatic heterocycles. The molecule has 1 aliphatic rings. The quantitative estimate of drug-likeness (QED) is 0.524. The summed E-state index contributed by atoms with van der Waals surface area (Å²) in [4.78, 5) is 27.6. The second kappa shape index (κ2) is 9.90. The number of anilines is 2. The molecule has 0 atom stereocenters. The first-order valence-corrected chi connectivity index (χ1v) is 11.8. The van der Waals surface area contributed by atoms with Crippen molar-refractivity contribution in [3.8, 4) is 11.4 Å². The van der Waals surface area contributed by atoms with Crippen molar-refractivity contribution in [2.24, 2.45) is 5.73 Å². The highest BCUT2D eigenvalue weighted by Crippen LogP contribution is 2.33. The molecule has 0 unspecified atom stereocenters. The first kappa shape index (κ1) is 23.2. The zero-order chi connectivity index (χ0) is 23.5. The van der Waals surface area contributed by atoms with Crippen LogP contribution in [0.25, 0.3) is 5.69 Å². The van der Waals surface area contributed by atoms with Crippen LogP contribution < -0.4 is 15.8 Å². The Kier molecular flexibility index (Phi) is 6.96. The predicted octanol–water partition coefficient (Wildman–Crippen LogP) is 3.61. The number of nitrogens with zero attached hydrogens (tertiary/aromatic N) is 4. The number of hydrogen-bond acceptors (Lipinski definition) is 7. The Morgan fingerprint density at radius 2 is 1.73 bits per heavy atom. The van der Waals surface area contributed by atoms with Gasteiger partial charge in [-0.2, -0.15) is 11.8 Å². The van der Waals surface area contributed by atoms with Gasteiger partial charge in [-0.25, -0.2) is 0 Å². The fraction of sp³-hybridized carbons (Fsp3) is 0.238. The summed E-state index contributed by atoms with van der Waals surface area (Å²) in [6.45, 7) is 1.48. The molecule has 3 aromatic rings. The Labute approximate surface area is 204 Å². The Morgan fingerprint density at radius 3 is 2.30 bits per heavy atom. The number of nitrogens with one attached hydrogen (secondary N) is 1. The molecule has 0 spiro atoms. The maximum atomic E-state index is 12.7. The Hall–Kier alpha value is -2.95. The molecule has 1 fully saturated rings. The van der Waals surface area contributed by atoms with E-state index in [1.54, 1.807) is 36.4 Å². The van der Waals surface area contributed by atoms with Crippen molar-refractivity contribution in [2.75, 3.05) is 37.0 Å². The summed E-state index contributed by atoms with van der Waals surface area (Å²) in [5.41, 5.74) is 6.86. The molecule has 2 aromatic carbocycles. The second-order valence-electron chi connectivity index (χ2n) is 7.10. The Morgan fingerprint density at radius 1 is 1.09 bits per heavy atom. The molecule has 9 nitrogen and oxygen atoms in total. The zero-order valence-corrected chi connectivity index (χ0v) is 19.9. The Bertz CT molecular complexity index is 1170. The van der Waals surface area contributed by atoms with E-state index in [4.69, 9.17) is 33.7 Å². The van der Waals surface area contributed by atoms with E-state index in [0.717, 1.165) is 29.4 Å². The van der Waals surface area contributed by atoms with Gasteiger partial charge >= 0.3 is 0 Å². The summed E-state index contributed by atoms with van der Waals surface area (Å²) in [6, 6.07) is 10.0. The number of carbonyl (C=O) groups is 2. The predicted molar refractivity (Wildman–Crippen MR) is 129 cm³/mol. The van der Waals surface area contributed by atoms with Crippen molar-refractivity contribution in [3.63, 3.8) is 0 Å². The molecule has 1 saturated heterocycles. The number of ether oxygens (including phenoxy) is 1. The van der Waals surface area contributed by atoms with E-state index < -0.39 is 5.91 Å². The van der Waals surface area contributed by atoms with Gasteiger partial charge < -0.3 is 20.7 Å². The molecular weight excluding hydrogens is 487 g/mol. The molecule has 4 rings (SSSR count). The number of nitrogens with two attached hydrogens (primary N) is 1. The number of hydrogen-bond donors (Lipinski definition) is 2. The summed E-state index contributed by atoms with van der Waals surface area (Å²) in [7, 11) is 1.49. The van der Waals surface area contributed by atoms with Crippen molar-refractivity contribution in [1.29, 1.82) is 0 Å². The van der Waals surface area contributed by atoms with E-state index in [1.807, 2.05) is 16.7 Å². The smallest absolute Gasteiger partial charge is 0.273 e. The number of carbonyl (C=O) groups excluding carboxylic acids is 2. The molecular formula is C21H20Cl2N6O3S. The van der Waals surface area contributed by atoms with Gasteiger partial charge in [0.25, 0.3) is 11.8 Å². The number of benzene rings is 2. The largest absolute Gasteiger partial charge is 0.497 e. The summed E-state index contributed by atoms with van der Waals surface area (Å²) in [6.07, 6.45) is 0. The molecule has 0 saturated carbocycles. The lowest BCUT2D eigenvalue weighted by atomic mass is 10.1. The highest BCUT2D eigenvalue weighted by atomic mass is 35.5. The van der Waals surface area contributed by atoms with Gasteiger partial charge in [-0.3, -0.25) is 9.59 Å². The van der Waals surface area contributed by atoms with Gasteiger partial charge in [0.05, 0.1) is 17.2 Å². The first-order chi connectivity index (χ1) is 15.9. The van der Waals surface area contributed by atoms with Crippen LogP contribution in [0.3, 0.4) is 0 Å². The number of halogens is 2. The second-order valence-corrected chi connectivity index (χ2v) is 9.14. The van der Waals surface area contributed by atoms with E-state index in [0.29, 0.717) is 17.0 Å². The molecule has 172 valence electrons. The fourth-order valence-corrected chi connectivity index (χ4v) is 4.81. The van der Waals surface area contributed by atoms with E-state index in [1.165, 1.54) is 7.11 Å². The van der Waals surface area contributed by atoms with Crippen LogP contribution >= 0.6 is 35.0 Å². The minimum Gasteiger partial charge on any atom is -0.497 e. The monoisotopic (exact) mass is 506 g/mol. The lowest BCUT2D eigenvalue weighted by molar-refractivity contribution is 0.0772. The Balaban J connectivity index is 1.59. The molecule has 0 aliphatic carbocycles. The van der Waals surface area contributed by atoms with E-state index in [-0.39, 0.29) is 33.2 Å². The number of methoxy groups -OCH3 is 1. The maximum Gasteiger partial charge on any atom is 0.273 e. The molecule has 12 heteroatoms. The van der Waals surface area contributed by atoms with Crippen LogP contribution in [0.15, 0.2) is 36.4 Å². The number of rotatable bonds is 6. The van der Waals surface area contributed by atoms with Gasteiger partial charge in [0.2, 0.25) is 0 Å². The van der Waals surface area contributed by atoms with Gasteiger partial charge in [-0.05, 0) is 24.3 Å². The SMILES string of the molecule is COc1cc(Cl)c(-n2nc(Nc3ccc(C(=O)N4CCSCC4)cc3)c(C(N)=O)n2)c(Cl)c1. The summed E-state index contributed by atoms with van der Waals surface area (Å²) in [5, 5.41) is 11.9. The highest BCUT2D eigenvalue weighted by molar-refractivity contribution is 7.99. The normalized spacial score (nSPS) is 13.6. The van der Waals surface area contributed by atoms with Crippen LogP contribution in [0.1, 0.15) is 20.8 Å². The van der Waals surface area contributed by atoms with Crippen LogP contribution in [0, 0.1) is 0 Å². The average molecular weight is 507 g/mol. The minimum absolute atomic E-state index is 0.00518. The van der Waals surface area contributed by atoms with Crippen molar-refractivity contribution in [3.05, 3.63) is 57.7 Å². The third kappa shape index (κ3) is 5.02. The van der Waals surface area contributed by atoms with Crippen molar-refractivity contribution in [1.82, 2.24) is 19.9 Å². The molecule has 33 heavy (non-hydrogen) atoms. The average Bonchev–Trinajstić information content (AvgIpc) is 3.22. The van der Waals surface area contributed by atoms with Gasteiger partial charge in [-0.1, -0.05) is 23.2 Å². The fourth-order valence-electron chi connectivity index (χ4n) is 3.29. The number of thioether (sulfide) groups is 1. The topological polar surface area (TPSA) is 115 Å². The third-order valence-electron chi connectivity index (χ3n) is 4.97. The summed E-state index contributed by atoms with van der Waals surface area (Å²) in [5.74, 6) is 1.69. The molecule has 0 radical (unpaired) electrons. The van der Waals surface area contributed by atoms with E-state index >= 15 is 0 Å². The van der Waals surface area contributed by atoms with Crippen LogP contribution in [0.5, 0.6) is 5.75 Å². The highest BCUT2D eigenvalue weighted by Gasteiger charge is 2.22. The van der Waals surface area contributed by atoms with Gasteiger partial charge in [0.15, 0.2) is 11.5 Å². The maximum absolute atomic E-state index is 12.7. The van der Waals surface area contributed by atoms with Gasteiger partial charge in [0.1, 0.15) is 11.4 Å². The van der Waals surface area contributed by atoms with Crippen molar-refractivity contribution < 1.29 is 14.3 Å². The van der Waals surface area contributed by atoms with Crippen LogP contribution in [-0.4, -0.2) is 63.4 Å². The first-order valence-electron chi connectivity index (χ1n) is 9.92. The van der Waals surface area contributed by atoms with Crippen LogP contribution in [-0.2, 0) is 0 Å². The number of primary amides is 1. The summed E-state index contributed by atoms with van der Waals surface area (Å²) >= 11 is 14.5. The lowest BCUT2D eigenvalue weighted by Crippen LogP contribution is -2.37. The standard InChI is InChI=1S/C21H20Cl2N6O3S/c1-32-14-10-15(22)18(16(23)11-14)29-26-17(19(24)30)20(27-29)25-13-4-2-12(3-5-13)21(31)28-6-8-33-9-7-28/h2-5,10-11H,6-9H2,1H3,(H2,24,30)(H,25,27). The molecule has 2 heterocycles. The zero-order valence-electron chi connectivity index (χ0n) is 17.5. The lowest BCUT2D eigenvalue weighted by Gasteiger charge is -2.26. The van der Waals surface area contributed by atoms with Crippen molar-refractivity contribution >= 4 is 58.3 Å². The van der Waals surface area contributed by atoms with Crippen LogP contribution in [0.4, 0.5) is 11.5 Å². The molecule has 0 bridgehead atoms.